The average Bonchev–Trinajstić information content (AvgIpc) is 2.97. The Labute approximate surface area is 135 Å². The first kappa shape index (κ1) is 15.5. The van der Waals surface area contributed by atoms with Gasteiger partial charge in [-0.15, -0.1) is 5.10 Å². The molecular weight excluding hydrogens is 292 g/mol. The van der Waals surface area contributed by atoms with Crippen molar-refractivity contribution in [3.63, 3.8) is 0 Å². The first-order chi connectivity index (χ1) is 11.0. The van der Waals surface area contributed by atoms with Crippen LogP contribution in [-0.4, -0.2) is 31.7 Å². The van der Waals surface area contributed by atoms with E-state index in [4.69, 9.17) is 0 Å². The highest BCUT2D eigenvalue weighted by molar-refractivity contribution is 6.06. The predicted molar refractivity (Wildman–Crippen MR) is 88.1 cm³/mol. The van der Waals surface area contributed by atoms with Gasteiger partial charge in [0.1, 0.15) is 5.54 Å². The molecule has 1 aromatic carbocycles. The molecule has 1 aromatic heterocycles. The van der Waals surface area contributed by atoms with Gasteiger partial charge in [-0.05, 0) is 42.8 Å². The van der Waals surface area contributed by atoms with Gasteiger partial charge in [-0.1, -0.05) is 25.5 Å². The van der Waals surface area contributed by atoms with Crippen molar-refractivity contribution in [3.05, 3.63) is 30.1 Å². The van der Waals surface area contributed by atoms with Crippen LogP contribution in [0.4, 0.5) is 11.4 Å². The van der Waals surface area contributed by atoms with E-state index in [1.54, 1.807) is 0 Å². The molecule has 1 aliphatic rings. The zero-order valence-electron chi connectivity index (χ0n) is 13.8. The van der Waals surface area contributed by atoms with Crippen LogP contribution in [0.3, 0.4) is 0 Å². The number of tetrazole rings is 1. The van der Waals surface area contributed by atoms with Crippen molar-refractivity contribution >= 4 is 17.3 Å². The zero-order chi connectivity index (χ0) is 16.4. The number of fused-ring (bicyclic) bond motifs is 1. The van der Waals surface area contributed by atoms with Crippen molar-refractivity contribution in [1.29, 1.82) is 0 Å². The molecule has 0 spiro atoms. The van der Waals surface area contributed by atoms with Crippen LogP contribution >= 0.6 is 0 Å². The lowest BCUT2D eigenvalue weighted by molar-refractivity contribution is -0.120. The zero-order valence-corrected chi connectivity index (χ0v) is 13.8. The summed E-state index contributed by atoms with van der Waals surface area (Å²) in [4.78, 5) is 14.5. The Balaban J connectivity index is 1.94. The minimum Gasteiger partial charge on any atom is -0.348 e. The second kappa shape index (κ2) is 5.98. The number of hydrogen-bond donors (Lipinski definition) is 1. The van der Waals surface area contributed by atoms with E-state index < -0.39 is 5.54 Å². The number of aromatic nitrogens is 4. The molecule has 23 heavy (non-hydrogen) atoms. The number of carbonyl (C=O) groups is 1. The summed E-state index contributed by atoms with van der Waals surface area (Å²) in [5, 5.41) is 15.0. The minimum absolute atomic E-state index is 0.0243. The molecule has 122 valence electrons. The van der Waals surface area contributed by atoms with Crippen molar-refractivity contribution in [1.82, 2.24) is 20.2 Å². The van der Waals surface area contributed by atoms with Crippen LogP contribution in [0.2, 0.25) is 0 Å². The second-order valence-electron chi connectivity index (χ2n) is 6.29. The largest absolute Gasteiger partial charge is 0.348 e. The summed E-state index contributed by atoms with van der Waals surface area (Å²) < 4.78 is 1.83. The van der Waals surface area contributed by atoms with Crippen LogP contribution in [0.15, 0.2) is 24.3 Å². The third kappa shape index (κ3) is 2.78. The molecule has 0 radical (unpaired) electrons. The lowest BCUT2D eigenvalue weighted by Gasteiger charge is -2.43. The topological polar surface area (TPSA) is 75.9 Å². The van der Waals surface area contributed by atoms with E-state index in [0.29, 0.717) is 6.54 Å². The highest BCUT2D eigenvalue weighted by atomic mass is 16.2. The van der Waals surface area contributed by atoms with E-state index in [1.807, 2.05) is 42.8 Å². The third-order valence-electron chi connectivity index (χ3n) is 4.30. The summed E-state index contributed by atoms with van der Waals surface area (Å²) >= 11 is 0. The van der Waals surface area contributed by atoms with Crippen molar-refractivity contribution in [3.8, 4) is 0 Å². The Kier molecular flexibility index (Phi) is 4.02. The first-order valence-corrected chi connectivity index (χ1v) is 7.97. The van der Waals surface area contributed by atoms with E-state index in [9.17, 15) is 4.79 Å². The van der Waals surface area contributed by atoms with Crippen molar-refractivity contribution < 1.29 is 4.79 Å². The van der Waals surface area contributed by atoms with E-state index in [0.717, 1.165) is 36.6 Å². The Morgan fingerprint density at radius 1 is 1.26 bits per heavy atom. The van der Waals surface area contributed by atoms with Gasteiger partial charge in [0, 0.05) is 6.54 Å². The molecule has 0 saturated heterocycles. The molecule has 0 fully saturated rings. The average molecular weight is 314 g/mol. The van der Waals surface area contributed by atoms with Gasteiger partial charge in [-0.2, -0.15) is 0 Å². The van der Waals surface area contributed by atoms with Gasteiger partial charge in [0.15, 0.2) is 5.82 Å². The maximum absolute atomic E-state index is 12.5. The highest BCUT2D eigenvalue weighted by Gasteiger charge is 2.40. The molecule has 0 atom stereocenters. The lowest BCUT2D eigenvalue weighted by Crippen LogP contribution is -2.55. The number of para-hydroxylation sites is 2. The number of hydrogen-bond acceptors (Lipinski definition) is 5. The van der Waals surface area contributed by atoms with E-state index >= 15 is 0 Å². The quantitative estimate of drug-likeness (QED) is 0.915. The Morgan fingerprint density at radius 3 is 2.83 bits per heavy atom. The van der Waals surface area contributed by atoms with Crippen molar-refractivity contribution in [2.75, 3.05) is 10.2 Å². The van der Waals surface area contributed by atoms with Gasteiger partial charge in [0.25, 0.3) is 0 Å². The van der Waals surface area contributed by atoms with Crippen LogP contribution in [0, 0.1) is 0 Å². The van der Waals surface area contributed by atoms with Crippen LogP contribution < -0.4 is 10.2 Å². The first-order valence-electron chi connectivity index (χ1n) is 7.97. The van der Waals surface area contributed by atoms with Gasteiger partial charge in [-0.3, -0.25) is 4.79 Å². The smallest absolute Gasteiger partial charge is 0.249 e. The molecule has 1 N–H and O–H groups in total. The number of amides is 1. The van der Waals surface area contributed by atoms with Crippen LogP contribution in [0.5, 0.6) is 0 Å². The fourth-order valence-electron chi connectivity index (χ4n) is 2.76. The molecular formula is C16H22N6O. The van der Waals surface area contributed by atoms with E-state index in [-0.39, 0.29) is 5.91 Å². The fraction of sp³-hybridized carbons (Fsp3) is 0.500. The number of rotatable bonds is 5. The van der Waals surface area contributed by atoms with E-state index in [2.05, 4.69) is 32.7 Å². The van der Waals surface area contributed by atoms with Crippen molar-refractivity contribution in [2.45, 2.75) is 52.2 Å². The number of nitrogens with one attached hydrogen (secondary N) is 1. The predicted octanol–water partition coefficient (Wildman–Crippen LogP) is 2.21. The molecule has 1 amide bonds. The summed E-state index contributed by atoms with van der Waals surface area (Å²) in [6.07, 6.45) is 2.11. The van der Waals surface area contributed by atoms with Gasteiger partial charge in [-0.25, -0.2) is 4.68 Å². The standard InChI is InChI=1S/C16H22N6O/c1-4-5-10-22-14(18-19-20-22)11-21-13-9-7-6-8-12(13)17-15(23)16(21,2)3/h6-9H,4-5,10-11H2,1-3H3,(H,17,23). The molecule has 0 aliphatic carbocycles. The summed E-state index contributed by atoms with van der Waals surface area (Å²) in [5.74, 6) is 0.750. The molecule has 0 unspecified atom stereocenters. The number of anilines is 2. The van der Waals surface area contributed by atoms with Gasteiger partial charge in [0.05, 0.1) is 17.9 Å². The number of unbranched alkanes of at least 4 members (excludes halogenated alkanes) is 1. The number of nitrogens with zero attached hydrogens (tertiary/aromatic N) is 5. The number of carbonyl (C=O) groups excluding carboxylic acids is 1. The van der Waals surface area contributed by atoms with Crippen LogP contribution in [-0.2, 0) is 17.9 Å². The Hall–Kier alpha value is -2.44. The summed E-state index contributed by atoms with van der Waals surface area (Å²) in [6.45, 7) is 7.25. The number of benzene rings is 1. The molecule has 0 bridgehead atoms. The molecule has 2 aromatic rings. The van der Waals surface area contributed by atoms with Crippen LogP contribution in [0.25, 0.3) is 0 Å². The highest BCUT2D eigenvalue weighted by Crippen LogP contribution is 2.37. The normalized spacial score (nSPS) is 16.1. The minimum atomic E-state index is -0.671. The summed E-state index contributed by atoms with van der Waals surface area (Å²) in [7, 11) is 0. The lowest BCUT2D eigenvalue weighted by atomic mass is 9.96. The van der Waals surface area contributed by atoms with Crippen molar-refractivity contribution in [2.24, 2.45) is 0 Å². The maximum atomic E-state index is 12.5. The molecule has 0 saturated carbocycles. The van der Waals surface area contributed by atoms with E-state index in [1.165, 1.54) is 0 Å². The van der Waals surface area contributed by atoms with Gasteiger partial charge < -0.3 is 10.2 Å². The Morgan fingerprint density at radius 2 is 2.04 bits per heavy atom. The third-order valence-corrected chi connectivity index (χ3v) is 4.30. The van der Waals surface area contributed by atoms with Gasteiger partial charge in [0.2, 0.25) is 5.91 Å². The fourth-order valence-corrected chi connectivity index (χ4v) is 2.76. The monoisotopic (exact) mass is 314 g/mol. The van der Waals surface area contributed by atoms with Gasteiger partial charge >= 0.3 is 0 Å². The SMILES string of the molecule is CCCCn1nnnc1CN1c2ccccc2NC(=O)C1(C)C. The number of aryl methyl sites for hydroxylation is 1. The van der Waals surface area contributed by atoms with Crippen LogP contribution in [0.1, 0.15) is 39.4 Å². The Bertz CT molecular complexity index is 708. The second-order valence-corrected chi connectivity index (χ2v) is 6.29. The molecule has 7 nitrogen and oxygen atoms in total. The molecule has 2 heterocycles. The molecule has 1 aliphatic heterocycles. The maximum Gasteiger partial charge on any atom is 0.249 e. The summed E-state index contributed by atoms with van der Waals surface area (Å²) in [5.41, 5.74) is 1.14. The molecule has 3 rings (SSSR count). The molecule has 7 heteroatoms. The summed E-state index contributed by atoms with van der Waals surface area (Å²) in [6, 6.07) is 7.81.